The lowest BCUT2D eigenvalue weighted by molar-refractivity contribution is -0.198. The number of amides is 1. The number of carbonyl (C=O) groups excluding carboxylic acids is 1. The van der Waals surface area contributed by atoms with E-state index in [2.05, 4.69) is 6.92 Å². The molecule has 0 unspecified atom stereocenters. The van der Waals surface area contributed by atoms with Gasteiger partial charge in [-0.25, -0.2) is 0 Å². The molecule has 2 rings (SSSR count). The van der Waals surface area contributed by atoms with Crippen molar-refractivity contribution in [2.75, 3.05) is 26.8 Å². The predicted molar refractivity (Wildman–Crippen MR) is 64.8 cm³/mol. The first-order valence-electron chi connectivity index (χ1n) is 6.63. The van der Waals surface area contributed by atoms with Gasteiger partial charge in [0.05, 0.1) is 19.2 Å². The van der Waals surface area contributed by atoms with Gasteiger partial charge in [0.25, 0.3) is 0 Å². The summed E-state index contributed by atoms with van der Waals surface area (Å²) in [6.45, 7) is 4.39. The van der Waals surface area contributed by atoms with Crippen LogP contribution < -0.4 is 0 Å². The molecular weight excluding hydrogens is 218 g/mol. The molecule has 1 spiro atoms. The van der Waals surface area contributed by atoms with Crippen LogP contribution in [0.1, 0.15) is 39.0 Å². The van der Waals surface area contributed by atoms with E-state index < -0.39 is 0 Å². The molecule has 1 amide bonds. The van der Waals surface area contributed by atoms with Crippen LogP contribution in [0.3, 0.4) is 0 Å². The van der Waals surface area contributed by atoms with Gasteiger partial charge in [0.2, 0.25) is 5.91 Å². The predicted octanol–water partition coefficient (Wildman–Crippen LogP) is 1.58. The van der Waals surface area contributed by atoms with E-state index in [-0.39, 0.29) is 11.5 Å². The molecule has 98 valence electrons. The Balaban J connectivity index is 1.78. The quantitative estimate of drug-likeness (QED) is 0.750. The average Bonchev–Trinajstić information content (AvgIpc) is 2.33. The maximum atomic E-state index is 11.8. The van der Waals surface area contributed by atoms with E-state index in [0.717, 1.165) is 45.4 Å². The van der Waals surface area contributed by atoms with Gasteiger partial charge in [-0.15, -0.1) is 0 Å². The van der Waals surface area contributed by atoms with Crippen LogP contribution in [-0.4, -0.2) is 49.3 Å². The van der Waals surface area contributed by atoms with E-state index in [9.17, 15) is 4.79 Å². The standard InChI is InChI=1S/C13H23NO3/c1-3-4-5-12(15)14-9-13(10-14)8-11(16-2)6-7-17-13/h11H,3-10H2,1-2H3/t11-/m1/s1. The largest absolute Gasteiger partial charge is 0.381 e. The number of hydrogen-bond acceptors (Lipinski definition) is 3. The van der Waals surface area contributed by atoms with E-state index in [4.69, 9.17) is 9.47 Å². The molecule has 0 aromatic heterocycles. The number of nitrogens with zero attached hydrogens (tertiary/aromatic N) is 1. The Morgan fingerprint density at radius 2 is 2.29 bits per heavy atom. The summed E-state index contributed by atoms with van der Waals surface area (Å²) >= 11 is 0. The van der Waals surface area contributed by atoms with Crippen LogP contribution in [0.25, 0.3) is 0 Å². The van der Waals surface area contributed by atoms with Crippen molar-refractivity contribution >= 4 is 5.91 Å². The molecule has 0 bridgehead atoms. The number of unbranched alkanes of at least 4 members (excludes halogenated alkanes) is 1. The van der Waals surface area contributed by atoms with E-state index in [1.165, 1.54) is 0 Å². The van der Waals surface area contributed by atoms with Gasteiger partial charge in [-0.2, -0.15) is 0 Å². The third-order valence-electron chi connectivity index (χ3n) is 3.84. The number of methoxy groups -OCH3 is 1. The fourth-order valence-corrected chi connectivity index (χ4v) is 2.72. The molecule has 2 saturated heterocycles. The first-order chi connectivity index (χ1) is 8.19. The Bertz CT molecular complexity index is 274. The van der Waals surface area contributed by atoms with Crippen molar-refractivity contribution in [1.29, 1.82) is 0 Å². The molecule has 0 saturated carbocycles. The molecule has 2 fully saturated rings. The summed E-state index contributed by atoms with van der Waals surface area (Å²) in [7, 11) is 1.76. The van der Waals surface area contributed by atoms with Crippen molar-refractivity contribution in [3.63, 3.8) is 0 Å². The molecule has 0 aromatic rings. The second-order valence-electron chi connectivity index (χ2n) is 5.24. The van der Waals surface area contributed by atoms with Crippen LogP contribution in [0.4, 0.5) is 0 Å². The summed E-state index contributed by atoms with van der Waals surface area (Å²) in [5.74, 6) is 0.278. The maximum absolute atomic E-state index is 11.8. The van der Waals surface area contributed by atoms with Crippen LogP contribution in [0, 0.1) is 0 Å². The molecule has 2 aliphatic rings. The van der Waals surface area contributed by atoms with Crippen molar-refractivity contribution in [2.45, 2.75) is 50.7 Å². The van der Waals surface area contributed by atoms with Crippen LogP contribution in [0.2, 0.25) is 0 Å². The fourth-order valence-electron chi connectivity index (χ4n) is 2.72. The molecule has 4 nitrogen and oxygen atoms in total. The van der Waals surface area contributed by atoms with E-state index >= 15 is 0 Å². The molecule has 1 atom stereocenters. The highest BCUT2D eigenvalue weighted by atomic mass is 16.5. The molecule has 2 heterocycles. The van der Waals surface area contributed by atoms with E-state index in [1.54, 1.807) is 7.11 Å². The number of likely N-dealkylation sites (tertiary alicyclic amines) is 1. The Labute approximate surface area is 103 Å². The minimum Gasteiger partial charge on any atom is -0.381 e. The highest BCUT2D eigenvalue weighted by Crippen LogP contribution is 2.35. The van der Waals surface area contributed by atoms with Crippen molar-refractivity contribution in [2.24, 2.45) is 0 Å². The Hall–Kier alpha value is -0.610. The molecule has 0 aliphatic carbocycles. The zero-order valence-electron chi connectivity index (χ0n) is 10.9. The smallest absolute Gasteiger partial charge is 0.222 e. The van der Waals surface area contributed by atoms with Gasteiger partial charge in [-0.3, -0.25) is 4.79 Å². The van der Waals surface area contributed by atoms with Crippen molar-refractivity contribution in [3.8, 4) is 0 Å². The van der Waals surface area contributed by atoms with Gasteiger partial charge in [0, 0.05) is 26.6 Å². The van der Waals surface area contributed by atoms with Crippen LogP contribution >= 0.6 is 0 Å². The minimum atomic E-state index is -0.0964. The Morgan fingerprint density at radius 1 is 1.53 bits per heavy atom. The first-order valence-corrected chi connectivity index (χ1v) is 6.63. The normalized spacial score (nSPS) is 26.9. The van der Waals surface area contributed by atoms with Crippen molar-refractivity contribution in [1.82, 2.24) is 4.90 Å². The Morgan fingerprint density at radius 3 is 2.94 bits per heavy atom. The van der Waals surface area contributed by atoms with Gasteiger partial charge in [0.1, 0.15) is 5.60 Å². The van der Waals surface area contributed by atoms with E-state index in [0.29, 0.717) is 12.5 Å². The van der Waals surface area contributed by atoms with Gasteiger partial charge in [-0.1, -0.05) is 13.3 Å². The van der Waals surface area contributed by atoms with Crippen LogP contribution in [-0.2, 0) is 14.3 Å². The molecule has 0 N–H and O–H groups in total. The number of rotatable bonds is 4. The molecule has 2 aliphatic heterocycles. The zero-order chi connectivity index (χ0) is 12.3. The monoisotopic (exact) mass is 241 g/mol. The minimum absolute atomic E-state index is 0.0964. The topological polar surface area (TPSA) is 38.8 Å². The molecule has 17 heavy (non-hydrogen) atoms. The van der Waals surface area contributed by atoms with Crippen LogP contribution in [0.15, 0.2) is 0 Å². The summed E-state index contributed by atoms with van der Waals surface area (Å²) in [5.41, 5.74) is -0.0964. The van der Waals surface area contributed by atoms with Gasteiger partial charge >= 0.3 is 0 Å². The number of hydrogen-bond donors (Lipinski definition) is 0. The second kappa shape index (κ2) is 5.36. The fraction of sp³-hybridized carbons (Fsp3) is 0.923. The highest BCUT2D eigenvalue weighted by molar-refractivity contribution is 5.77. The molecule has 4 heteroatoms. The molecule has 0 aromatic carbocycles. The average molecular weight is 241 g/mol. The second-order valence-corrected chi connectivity index (χ2v) is 5.24. The lowest BCUT2D eigenvalue weighted by Gasteiger charge is -2.53. The van der Waals surface area contributed by atoms with E-state index in [1.807, 2.05) is 4.90 Å². The molecular formula is C13H23NO3. The van der Waals surface area contributed by atoms with Gasteiger partial charge in [0.15, 0.2) is 0 Å². The summed E-state index contributed by atoms with van der Waals surface area (Å²) in [4.78, 5) is 13.7. The lowest BCUT2D eigenvalue weighted by atomic mass is 9.84. The number of ether oxygens (including phenoxy) is 2. The van der Waals surface area contributed by atoms with Crippen LogP contribution in [0.5, 0.6) is 0 Å². The zero-order valence-corrected chi connectivity index (χ0v) is 10.9. The van der Waals surface area contributed by atoms with Gasteiger partial charge in [-0.05, 0) is 12.8 Å². The maximum Gasteiger partial charge on any atom is 0.222 e. The van der Waals surface area contributed by atoms with Crippen molar-refractivity contribution in [3.05, 3.63) is 0 Å². The van der Waals surface area contributed by atoms with Gasteiger partial charge < -0.3 is 14.4 Å². The first kappa shape index (κ1) is 12.8. The third-order valence-corrected chi connectivity index (χ3v) is 3.84. The summed E-state index contributed by atoms with van der Waals surface area (Å²) in [6.07, 6.45) is 4.96. The summed E-state index contributed by atoms with van der Waals surface area (Å²) in [6, 6.07) is 0. The molecule has 0 radical (unpaired) electrons. The van der Waals surface area contributed by atoms with Crippen molar-refractivity contribution < 1.29 is 14.3 Å². The summed E-state index contributed by atoms with van der Waals surface area (Å²) < 4.78 is 11.2. The third kappa shape index (κ3) is 2.80. The lowest BCUT2D eigenvalue weighted by Crippen LogP contribution is -2.67. The Kier molecular flexibility index (Phi) is 4.05. The summed E-state index contributed by atoms with van der Waals surface area (Å²) in [5, 5.41) is 0. The SMILES string of the molecule is CCCCC(=O)N1CC2(C[C@H](OC)CCO2)C1. The number of carbonyl (C=O) groups is 1. The highest BCUT2D eigenvalue weighted by Gasteiger charge is 2.49.